The van der Waals surface area contributed by atoms with Crippen molar-refractivity contribution in [3.63, 3.8) is 0 Å². The number of piperazine rings is 1. The molecule has 11 nitrogen and oxygen atoms in total. The molecule has 1 aromatic heterocycles. The highest BCUT2D eigenvalue weighted by molar-refractivity contribution is 6.04. The minimum Gasteiger partial charge on any atom is -0.451 e. The van der Waals surface area contributed by atoms with Crippen LogP contribution in [0.5, 0.6) is 0 Å². The van der Waals surface area contributed by atoms with Gasteiger partial charge < -0.3 is 30.1 Å². The first-order valence-electron chi connectivity index (χ1n) is 14.0. The fourth-order valence-electron chi connectivity index (χ4n) is 5.38. The van der Waals surface area contributed by atoms with E-state index in [1.54, 1.807) is 17.0 Å². The zero-order chi connectivity index (χ0) is 29.1. The summed E-state index contributed by atoms with van der Waals surface area (Å²) in [5.74, 6) is -0.114. The lowest BCUT2D eigenvalue weighted by molar-refractivity contribution is 0.102. The monoisotopic (exact) mass is 559 g/mol. The maximum Gasteiger partial charge on any atom is 0.434 e. The van der Waals surface area contributed by atoms with Crippen molar-refractivity contribution in [1.29, 1.82) is 0 Å². The Hall–Kier alpha value is -4.38. The molecule has 0 spiro atoms. The smallest absolute Gasteiger partial charge is 0.434 e. The van der Waals surface area contributed by atoms with E-state index in [9.17, 15) is 14.4 Å². The Kier molecular flexibility index (Phi) is 8.25. The third-order valence-corrected chi connectivity index (χ3v) is 7.87. The van der Waals surface area contributed by atoms with Crippen LogP contribution >= 0.6 is 0 Å². The van der Waals surface area contributed by atoms with Crippen molar-refractivity contribution in [2.75, 3.05) is 55.9 Å². The number of methoxy groups -OCH3 is 1. The summed E-state index contributed by atoms with van der Waals surface area (Å²) in [7, 11) is 3.38. The molecule has 0 bridgehead atoms. The molecule has 0 atom stereocenters. The van der Waals surface area contributed by atoms with Crippen molar-refractivity contribution in [2.45, 2.75) is 39.8 Å². The number of ether oxygens (including phenoxy) is 1. The van der Waals surface area contributed by atoms with E-state index >= 15 is 0 Å². The number of amides is 3. The predicted molar refractivity (Wildman–Crippen MR) is 158 cm³/mol. The van der Waals surface area contributed by atoms with Crippen LogP contribution in [0.15, 0.2) is 42.5 Å². The number of carbonyl (C=O) groups excluding carboxylic acids is 3. The normalized spacial score (nSPS) is 15.0. The van der Waals surface area contributed by atoms with Gasteiger partial charge in [-0.05, 0) is 55.3 Å². The second kappa shape index (κ2) is 12.0. The number of urea groups is 1. The lowest BCUT2D eigenvalue weighted by Crippen LogP contribution is -2.44. The molecule has 41 heavy (non-hydrogen) atoms. The fraction of sp³-hybridized carbons (Fsp3) is 0.400. The van der Waals surface area contributed by atoms with Gasteiger partial charge in [0.1, 0.15) is 0 Å². The molecule has 5 rings (SSSR count). The Morgan fingerprint density at radius 1 is 0.902 bits per heavy atom. The second-order valence-corrected chi connectivity index (χ2v) is 10.4. The number of nitrogens with zero attached hydrogens (tertiary/aromatic N) is 5. The zero-order valence-corrected chi connectivity index (χ0v) is 24.1. The van der Waals surface area contributed by atoms with E-state index in [-0.39, 0.29) is 30.8 Å². The van der Waals surface area contributed by atoms with Gasteiger partial charge in [0.25, 0.3) is 5.91 Å². The Bertz CT molecular complexity index is 1420. The number of likely N-dealkylation sites (N-methyl/N-ethyl adjacent to an activating group) is 1. The molecule has 0 unspecified atom stereocenters. The quantitative estimate of drug-likeness (QED) is 0.466. The molecule has 2 aromatic carbocycles. The molecule has 2 aliphatic rings. The number of hydrogen-bond acceptors (Lipinski definition) is 7. The van der Waals surface area contributed by atoms with E-state index in [0.29, 0.717) is 16.8 Å². The average molecular weight is 560 g/mol. The highest BCUT2D eigenvalue weighted by atomic mass is 16.5. The molecule has 1 fully saturated rings. The zero-order valence-electron chi connectivity index (χ0n) is 24.1. The molecule has 2 N–H and O–H groups in total. The fourth-order valence-corrected chi connectivity index (χ4v) is 5.38. The summed E-state index contributed by atoms with van der Waals surface area (Å²) in [5, 5.41) is 10.3. The Labute approximate surface area is 240 Å². The third-order valence-electron chi connectivity index (χ3n) is 7.87. The number of carbonyl (C=O) groups is 3. The van der Waals surface area contributed by atoms with Crippen LogP contribution in [0, 0.1) is 0 Å². The largest absolute Gasteiger partial charge is 0.451 e. The van der Waals surface area contributed by atoms with Crippen LogP contribution < -0.4 is 15.5 Å². The molecule has 3 aromatic rings. The van der Waals surface area contributed by atoms with Gasteiger partial charge in [-0.2, -0.15) is 4.68 Å². The first kappa shape index (κ1) is 28.2. The van der Waals surface area contributed by atoms with Crippen LogP contribution in [0.4, 0.5) is 26.8 Å². The number of benzene rings is 2. The highest BCUT2D eigenvalue weighted by Gasteiger charge is 2.34. The van der Waals surface area contributed by atoms with E-state index in [4.69, 9.17) is 4.74 Å². The molecule has 0 aliphatic carbocycles. The first-order valence-corrected chi connectivity index (χ1v) is 14.0. The minimum atomic E-state index is -0.690. The Morgan fingerprint density at radius 2 is 1.56 bits per heavy atom. The molecule has 0 radical (unpaired) electrons. The standard InChI is InChI=1S/C30H37N7O4/c1-5-20-8-7-9-21(6-2)26(20)31-29(39)36-18-24-25(19-36)37(30(40)41-4)33-27(24)32-28(38)22-10-12-23(13-11-22)35-16-14-34(3)15-17-35/h7-13H,5-6,14-19H2,1-4H3,(H,31,39)(H,32,33,38). The van der Waals surface area contributed by atoms with Gasteiger partial charge >= 0.3 is 12.1 Å². The van der Waals surface area contributed by atoms with Crippen molar-refractivity contribution in [3.05, 3.63) is 70.4 Å². The molecule has 1 saturated heterocycles. The van der Waals surface area contributed by atoms with Crippen LogP contribution in [0.25, 0.3) is 0 Å². The van der Waals surface area contributed by atoms with Crippen molar-refractivity contribution >= 4 is 35.2 Å². The molecular weight excluding hydrogens is 522 g/mol. The predicted octanol–water partition coefficient (Wildman–Crippen LogP) is 4.17. The Morgan fingerprint density at radius 3 is 2.17 bits per heavy atom. The molecule has 3 heterocycles. The number of nitrogens with one attached hydrogen (secondary N) is 2. The topological polar surface area (TPSA) is 112 Å². The Balaban J connectivity index is 1.33. The van der Waals surface area contributed by atoms with Crippen molar-refractivity contribution in [2.24, 2.45) is 0 Å². The number of fused-ring (bicyclic) bond motifs is 1. The number of aromatic nitrogens is 2. The second-order valence-electron chi connectivity index (χ2n) is 10.4. The SMILES string of the molecule is CCc1cccc(CC)c1NC(=O)N1Cc2c(NC(=O)c3ccc(N4CCN(C)CC4)cc3)nn(C(=O)OC)c2C1. The number of rotatable bonds is 6. The molecule has 11 heteroatoms. The molecule has 3 amide bonds. The van der Waals surface area contributed by atoms with Crippen LogP contribution in [0.1, 0.15) is 46.6 Å². The first-order chi connectivity index (χ1) is 19.8. The van der Waals surface area contributed by atoms with Gasteiger partial charge in [0, 0.05) is 48.7 Å². The van der Waals surface area contributed by atoms with Crippen LogP contribution in [-0.4, -0.2) is 77.9 Å². The summed E-state index contributed by atoms with van der Waals surface area (Å²) >= 11 is 0. The molecule has 216 valence electrons. The summed E-state index contributed by atoms with van der Waals surface area (Å²) in [6, 6.07) is 13.2. The lowest BCUT2D eigenvalue weighted by atomic mass is 10.0. The summed E-state index contributed by atoms with van der Waals surface area (Å²) in [6.07, 6.45) is 0.881. The van der Waals surface area contributed by atoms with Crippen LogP contribution in [-0.2, 0) is 30.7 Å². The van der Waals surface area contributed by atoms with Gasteiger partial charge in [-0.25, -0.2) is 9.59 Å². The maximum atomic E-state index is 13.4. The minimum absolute atomic E-state index is 0.147. The molecule has 0 saturated carbocycles. The third kappa shape index (κ3) is 5.76. The van der Waals surface area contributed by atoms with Gasteiger partial charge in [0.05, 0.1) is 25.9 Å². The van der Waals surface area contributed by atoms with E-state index in [2.05, 4.69) is 46.4 Å². The molecular formula is C30H37N7O4. The van der Waals surface area contributed by atoms with Crippen molar-refractivity contribution < 1.29 is 19.1 Å². The maximum absolute atomic E-state index is 13.4. The van der Waals surface area contributed by atoms with Gasteiger partial charge in [0.15, 0.2) is 5.82 Å². The van der Waals surface area contributed by atoms with Crippen molar-refractivity contribution in [3.8, 4) is 0 Å². The molecule has 2 aliphatic heterocycles. The number of aryl methyl sites for hydroxylation is 2. The number of anilines is 3. The highest BCUT2D eigenvalue weighted by Crippen LogP contribution is 2.31. The average Bonchev–Trinajstić information content (AvgIpc) is 3.58. The van der Waals surface area contributed by atoms with Crippen molar-refractivity contribution in [1.82, 2.24) is 19.6 Å². The summed E-state index contributed by atoms with van der Waals surface area (Å²) in [6.45, 7) is 8.30. The van der Waals surface area contributed by atoms with E-state index < -0.39 is 6.09 Å². The van der Waals surface area contributed by atoms with E-state index in [0.717, 1.165) is 66.2 Å². The number of para-hydroxylation sites is 1. The van der Waals surface area contributed by atoms with Gasteiger partial charge in [-0.15, -0.1) is 5.10 Å². The summed E-state index contributed by atoms with van der Waals surface area (Å²) in [4.78, 5) is 45.3. The van der Waals surface area contributed by atoms with Crippen LogP contribution in [0.2, 0.25) is 0 Å². The summed E-state index contributed by atoms with van der Waals surface area (Å²) < 4.78 is 6.03. The van der Waals surface area contributed by atoms with E-state index in [1.165, 1.54) is 7.11 Å². The number of hydrogen-bond donors (Lipinski definition) is 2. The lowest BCUT2D eigenvalue weighted by Gasteiger charge is -2.34. The van der Waals surface area contributed by atoms with E-state index in [1.807, 2.05) is 30.3 Å². The van der Waals surface area contributed by atoms with Gasteiger partial charge in [-0.1, -0.05) is 32.0 Å². The van der Waals surface area contributed by atoms with Gasteiger partial charge in [0.2, 0.25) is 0 Å². The van der Waals surface area contributed by atoms with Gasteiger partial charge in [-0.3, -0.25) is 4.79 Å². The van der Waals surface area contributed by atoms with Crippen LogP contribution in [0.3, 0.4) is 0 Å². The summed E-state index contributed by atoms with van der Waals surface area (Å²) in [5.41, 5.74) is 5.59.